The first-order chi connectivity index (χ1) is 12.1. The van der Waals surface area contributed by atoms with Crippen LogP contribution in [0.4, 0.5) is 0 Å². The monoisotopic (exact) mass is 340 g/mol. The number of hydrogen-bond donors (Lipinski definition) is 1. The Kier molecular flexibility index (Phi) is 4.03. The minimum Gasteiger partial charge on any atom is -0.422 e. The first kappa shape index (κ1) is 15.9. The van der Waals surface area contributed by atoms with E-state index in [1.807, 2.05) is 11.0 Å². The summed E-state index contributed by atoms with van der Waals surface area (Å²) >= 11 is 0. The summed E-state index contributed by atoms with van der Waals surface area (Å²) in [5.41, 5.74) is -0.135. The molecule has 0 radical (unpaired) electrons. The molecule has 2 aromatic rings. The lowest BCUT2D eigenvalue weighted by Gasteiger charge is -2.32. The number of nitrogens with zero attached hydrogens (tertiary/aromatic N) is 1. The van der Waals surface area contributed by atoms with Gasteiger partial charge >= 0.3 is 5.63 Å². The highest BCUT2D eigenvalue weighted by molar-refractivity contribution is 5.96. The molecule has 6 nitrogen and oxygen atoms in total. The number of piperidine rings is 1. The first-order valence-electron chi connectivity index (χ1n) is 8.74. The highest BCUT2D eigenvalue weighted by Crippen LogP contribution is 2.31. The second kappa shape index (κ2) is 6.35. The third-order valence-corrected chi connectivity index (χ3v) is 4.95. The summed E-state index contributed by atoms with van der Waals surface area (Å²) in [5, 5.41) is 3.63. The van der Waals surface area contributed by atoms with Crippen LogP contribution in [0.3, 0.4) is 0 Å². The Morgan fingerprint density at radius 2 is 1.80 bits per heavy atom. The summed E-state index contributed by atoms with van der Waals surface area (Å²) in [5.74, 6) is 0.0693. The van der Waals surface area contributed by atoms with Gasteiger partial charge in [0.25, 0.3) is 5.91 Å². The predicted molar refractivity (Wildman–Crippen MR) is 92.3 cm³/mol. The molecule has 1 aliphatic carbocycles. The van der Waals surface area contributed by atoms with Crippen LogP contribution in [-0.2, 0) is 4.79 Å². The van der Waals surface area contributed by atoms with Gasteiger partial charge in [0.2, 0.25) is 5.91 Å². The molecule has 4 rings (SSSR count). The molecule has 2 heterocycles. The lowest BCUT2D eigenvalue weighted by molar-refractivity contribution is -0.133. The molecule has 1 aromatic heterocycles. The number of nitrogens with one attached hydrogen (secondary N) is 1. The predicted octanol–water partition coefficient (Wildman–Crippen LogP) is 1.92. The van der Waals surface area contributed by atoms with E-state index in [1.165, 1.54) is 0 Å². The summed E-state index contributed by atoms with van der Waals surface area (Å²) in [6.45, 7) is 1.32. The molecule has 6 heteroatoms. The number of benzene rings is 1. The van der Waals surface area contributed by atoms with Crippen LogP contribution in [0.1, 0.15) is 36.0 Å². The lowest BCUT2D eigenvalue weighted by Crippen LogP contribution is -2.47. The van der Waals surface area contributed by atoms with Gasteiger partial charge in [-0.25, -0.2) is 4.79 Å². The van der Waals surface area contributed by atoms with Gasteiger partial charge in [0.1, 0.15) is 11.1 Å². The van der Waals surface area contributed by atoms with Crippen molar-refractivity contribution < 1.29 is 14.0 Å². The minimum absolute atomic E-state index is 0.0233. The molecule has 1 N–H and O–H groups in total. The van der Waals surface area contributed by atoms with E-state index in [1.54, 1.807) is 24.3 Å². The van der Waals surface area contributed by atoms with Crippen LogP contribution in [0.25, 0.3) is 11.0 Å². The van der Waals surface area contributed by atoms with Gasteiger partial charge in [0.05, 0.1) is 0 Å². The van der Waals surface area contributed by atoms with Gasteiger partial charge < -0.3 is 14.6 Å². The molecular formula is C19H20N2O4. The molecule has 2 fully saturated rings. The quantitative estimate of drug-likeness (QED) is 0.866. The fourth-order valence-electron chi connectivity index (χ4n) is 3.32. The molecule has 1 aromatic carbocycles. The molecule has 0 bridgehead atoms. The van der Waals surface area contributed by atoms with Gasteiger partial charge in [0.15, 0.2) is 0 Å². The zero-order valence-corrected chi connectivity index (χ0v) is 13.9. The molecule has 0 atom stereocenters. The number of carbonyl (C=O) groups excluding carboxylic acids is 2. The Bertz CT molecular complexity index is 876. The number of amides is 2. The van der Waals surface area contributed by atoms with Crippen molar-refractivity contribution in [3.63, 3.8) is 0 Å². The summed E-state index contributed by atoms with van der Waals surface area (Å²) in [4.78, 5) is 38.5. The normalized spacial score (nSPS) is 18.3. The second-order valence-electron chi connectivity index (χ2n) is 6.83. The highest BCUT2D eigenvalue weighted by Gasteiger charge is 2.35. The van der Waals surface area contributed by atoms with Gasteiger partial charge in [-0.05, 0) is 37.8 Å². The summed E-state index contributed by atoms with van der Waals surface area (Å²) in [6, 6.07) is 8.66. The zero-order chi connectivity index (χ0) is 17.4. The topological polar surface area (TPSA) is 79.6 Å². The maximum Gasteiger partial charge on any atom is 0.349 e. The number of rotatable bonds is 3. The fraction of sp³-hybridized carbons (Fsp3) is 0.421. The van der Waals surface area contributed by atoms with E-state index in [4.69, 9.17) is 4.42 Å². The molecule has 2 aliphatic rings. The molecule has 1 saturated carbocycles. The average molecular weight is 340 g/mol. The summed E-state index contributed by atoms with van der Waals surface area (Å²) in [7, 11) is 0. The maximum atomic E-state index is 12.5. The summed E-state index contributed by atoms with van der Waals surface area (Å²) in [6.07, 6.45) is 3.44. The van der Waals surface area contributed by atoms with Crippen molar-refractivity contribution in [2.75, 3.05) is 13.1 Å². The Morgan fingerprint density at radius 1 is 1.08 bits per heavy atom. The molecule has 25 heavy (non-hydrogen) atoms. The van der Waals surface area contributed by atoms with Gasteiger partial charge in [-0.15, -0.1) is 0 Å². The van der Waals surface area contributed by atoms with Crippen LogP contribution in [0, 0.1) is 5.92 Å². The lowest BCUT2D eigenvalue weighted by atomic mass is 10.0. The van der Waals surface area contributed by atoms with Crippen molar-refractivity contribution >= 4 is 22.8 Å². The minimum atomic E-state index is -0.627. The van der Waals surface area contributed by atoms with Gasteiger partial charge in [-0.1, -0.05) is 18.2 Å². The van der Waals surface area contributed by atoms with Crippen molar-refractivity contribution in [3.05, 3.63) is 46.3 Å². The van der Waals surface area contributed by atoms with Gasteiger partial charge in [0, 0.05) is 30.4 Å². The molecule has 1 saturated heterocycles. The van der Waals surface area contributed by atoms with E-state index in [-0.39, 0.29) is 23.4 Å². The number of hydrogen-bond acceptors (Lipinski definition) is 4. The van der Waals surface area contributed by atoms with Crippen molar-refractivity contribution in [1.29, 1.82) is 0 Å². The van der Waals surface area contributed by atoms with Crippen molar-refractivity contribution in [3.8, 4) is 0 Å². The smallest absolute Gasteiger partial charge is 0.349 e. The third-order valence-electron chi connectivity index (χ3n) is 4.95. The van der Waals surface area contributed by atoms with Crippen molar-refractivity contribution in [2.45, 2.75) is 31.7 Å². The number of likely N-dealkylation sites (tertiary alicyclic amines) is 1. The standard InChI is InChI=1S/C19H20N2O4/c22-17(15-11-13-3-1-2-4-16(13)25-19(15)24)20-14-7-9-21(10-8-14)18(23)12-5-6-12/h1-4,11-12,14H,5-10H2,(H,20,22). The summed E-state index contributed by atoms with van der Waals surface area (Å²) < 4.78 is 5.22. The first-order valence-corrected chi connectivity index (χ1v) is 8.74. The molecule has 0 unspecified atom stereocenters. The largest absolute Gasteiger partial charge is 0.422 e. The third kappa shape index (κ3) is 3.29. The van der Waals surface area contributed by atoms with Crippen LogP contribution < -0.4 is 10.9 Å². The van der Waals surface area contributed by atoms with E-state index in [2.05, 4.69) is 5.32 Å². The molecular weight excluding hydrogens is 320 g/mol. The second-order valence-corrected chi connectivity index (χ2v) is 6.83. The van der Waals surface area contributed by atoms with Crippen molar-refractivity contribution in [1.82, 2.24) is 10.2 Å². The average Bonchev–Trinajstić information content (AvgIpc) is 3.46. The highest BCUT2D eigenvalue weighted by atomic mass is 16.4. The van der Waals surface area contributed by atoms with E-state index >= 15 is 0 Å². The van der Waals surface area contributed by atoms with Crippen molar-refractivity contribution in [2.24, 2.45) is 5.92 Å². The van der Waals surface area contributed by atoms with Crippen LogP contribution in [0.15, 0.2) is 39.5 Å². The van der Waals surface area contributed by atoms with E-state index in [0.29, 0.717) is 31.5 Å². The van der Waals surface area contributed by atoms with Crippen LogP contribution >= 0.6 is 0 Å². The van der Waals surface area contributed by atoms with E-state index in [0.717, 1.165) is 18.2 Å². The van der Waals surface area contributed by atoms with Crippen LogP contribution in [0.2, 0.25) is 0 Å². The van der Waals surface area contributed by atoms with Gasteiger partial charge in [-0.2, -0.15) is 0 Å². The van der Waals surface area contributed by atoms with Gasteiger partial charge in [-0.3, -0.25) is 9.59 Å². The van der Waals surface area contributed by atoms with Crippen LogP contribution in [-0.4, -0.2) is 35.8 Å². The maximum absolute atomic E-state index is 12.5. The number of para-hydroxylation sites is 1. The Morgan fingerprint density at radius 3 is 2.52 bits per heavy atom. The number of fused-ring (bicyclic) bond motifs is 1. The number of carbonyl (C=O) groups is 2. The zero-order valence-electron chi connectivity index (χ0n) is 13.9. The Hall–Kier alpha value is -2.63. The Labute approximate surface area is 144 Å². The van der Waals surface area contributed by atoms with E-state index in [9.17, 15) is 14.4 Å². The fourth-order valence-corrected chi connectivity index (χ4v) is 3.32. The SMILES string of the molecule is O=C(NC1CCN(C(=O)C2CC2)CC1)c1cc2ccccc2oc1=O. The molecule has 2 amide bonds. The van der Waals surface area contributed by atoms with E-state index < -0.39 is 11.5 Å². The molecule has 130 valence electrons. The molecule has 1 aliphatic heterocycles. The molecule has 0 spiro atoms. The van der Waals surface area contributed by atoms with Crippen LogP contribution in [0.5, 0.6) is 0 Å². The Balaban J connectivity index is 1.41.